The Hall–Kier alpha value is -2.19. The number of anilines is 1. The zero-order valence-electron chi connectivity index (χ0n) is 18.2. The van der Waals surface area contributed by atoms with E-state index < -0.39 is 0 Å². The van der Waals surface area contributed by atoms with Crippen LogP contribution < -0.4 is 5.32 Å². The number of fused-ring (bicyclic) bond motifs is 2. The van der Waals surface area contributed by atoms with Crippen molar-refractivity contribution in [1.29, 1.82) is 0 Å². The van der Waals surface area contributed by atoms with Crippen LogP contribution in [0.2, 0.25) is 0 Å². The smallest absolute Gasteiger partial charge is 0.225 e. The van der Waals surface area contributed by atoms with Crippen LogP contribution in [0.25, 0.3) is 20.8 Å². The summed E-state index contributed by atoms with van der Waals surface area (Å²) in [7, 11) is 2.15. The maximum absolute atomic E-state index is 12.8. The van der Waals surface area contributed by atoms with Crippen LogP contribution in [0.4, 0.5) is 5.00 Å². The van der Waals surface area contributed by atoms with Gasteiger partial charge in [-0.1, -0.05) is 29.8 Å². The van der Waals surface area contributed by atoms with Crippen molar-refractivity contribution in [2.45, 2.75) is 31.2 Å². The number of thioether (sulfide) groups is 1. The highest BCUT2D eigenvalue weighted by atomic mass is 32.2. The molecule has 0 fully saturated rings. The number of carbonyl (C=O) groups is 1. The van der Waals surface area contributed by atoms with Gasteiger partial charge in [0.15, 0.2) is 0 Å². The van der Waals surface area contributed by atoms with Gasteiger partial charge in [0.1, 0.15) is 10.0 Å². The van der Waals surface area contributed by atoms with Gasteiger partial charge in [-0.15, -0.1) is 34.4 Å². The molecule has 1 amide bonds. The van der Waals surface area contributed by atoms with Gasteiger partial charge < -0.3 is 10.2 Å². The van der Waals surface area contributed by atoms with Gasteiger partial charge >= 0.3 is 0 Å². The molecule has 1 aliphatic heterocycles. The van der Waals surface area contributed by atoms with E-state index >= 15 is 0 Å². The normalized spacial score (nSPS) is 13.9. The highest BCUT2D eigenvalue weighted by Crippen LogP contribution is 2.45. The van der Waals surface area contributed by atoms with E-state index in [1.807, 2.05) is 6.07 Å². The summed E-state index contributed by atoms with van der Waals surface area (Å²) < 4.78 is 1.18. The number of thiazole rings is 1. The quantitative estimate of drug-likeness (QED) is 0.323. The van der Waals surface area contributed by atoms with Gasteiger partial charge in [-0.05, 0) is 50.2 Å². The Morgan fingerprint density at radius 2 is 1.97 bits per heavy atom. The third-order valence-electron chi connectivity index (χ3n) is 5.63. The lowest BCUT2D eigenvalue weighted by atomic mass is 10.0. The number of thiophene rings is 1. The second-order valence-electron chi connectivity index (χ2n) is 8.14. The molecule has 1 aliphatic rings. The lowest BCUT2D eigenvalue weighted by molar-refractivity contribution is -0.115. The standard InChI is InChI=1S/C25H25N3OS3/c1-16-7-9-17(10-8-16)30-14-12-22(29)27-25-23(18-11-13-28(2)15-21(18)32-25)24-26-19-5-3-4-6-20(19)31-24/h3-10H,11-15H2,1-2H3,(H,27,29). The van der Waals surface area contributed by atoms with Gasteiger partial charge in [0.05, 0.1) is 10.2 Å². The summed E-state index contributed by atoms with van der Waals surface area (Å²) in [6.07, 6.45) is 1.48. The summed E-state index contributed by atoms with van der Waals surface area (Å²) in [6, 6.07) is 16.7. The first-order chi connectivity index (χ1) is 15.6. The van der Waals surface area contributed by atoms with Crippen LogP contribution >= 0.6 is 34.4 Å². The molecule has 5 rings (SSSR count). The number of para-hydroxylation sites is 1. The molecule has 164 valence electrons. The zero-order chi connectivity index (χ0) is 22.1. The second kappa shape index (κ2) is 9.35. The highest BCUT2D eigenvalue weighted by Gasteiger charge is 2.26. The molecule has 7 heteroatoms. The third-order valence-corrected chi connectivity index (χ3v) is 8.83. The number of aromatic nitrogens is 1. The number of nitrogens with one attached hydrogen (secondary N) is 1. The second-order valence-corrected chi connectivity index (χ2v) is 11.4. The molecule has 2 aromatic carbocycles. The van der Waals surface area contributed by atoms with Crippen molar-refractivity contribution in [2.24, 2.45) is 0 Å². The van der Waals surface area contributed by atoms with Crippen LogP contribution in [0.5, 0.6) is 0 Å². The first kappa shape index (κ1) is 21.6. The molecule has 32 heavy (non-hydrogen) atoms. The van der Waals surface area contributed by atoms with Crippen molar-refractivity contribution in [3.63, 3.8) is 0 Å². The fourth-order valence-electron chi connectivity index (χ4n) is 3.91. The van der Waals surface area contributed by atoms with Crippen LogP contribution in [-0.2, 0) is 17.8 Å². The molecule has 0 unspecified atom stereocenters. The number of likely N-dealkylation sites (N-methyl/N-ethyl adjacent to an activating group) is 1. The first-order valence-electron chi connectivity index (χ1n) is 10.7. The minimum Gasteiger partial charge on any atom is -0.317 e. The van der Waals surface area contributed by atoms with E-state index in [-0.39, 0.29) is 5.91 Å². The molecule has 0 bridgehead atoms. The van der Waals surface area contributed by atoms with E-state index in [0.717, 1.165) is 46.4 Å². The Kier molecular flexibility index (Phi) is 6.33. The Bertz CT molecular complexity index is 1230. The molecule has 3 heterocycles. The molecule has 0 radical (unpaired) electrons. The molecule has 2 aromatic heterocycles. The molecule has 0 spiro atoms. The van der Waals surface area contributed by atoms with E-state index in [2.05, 4.69) is 66.7 Å². The molecular weight excluding hydrogens is 454 g/mol. The predicted molar refractivity (Wildman–Crippen MR) is 138 cm³/mol. The predicted octanol–water partition coefficient (Wildman–Crippen LogP) is 6.44. The molecule has 1 N–H and O–H groups in total. The van der Waals surface area contributed by atoms with E-state index in [4.69, 9.17) is 4.98 Å². The van der Waals surface area contributed by atoms with Gasteiger partial charge in [-0.3, -0.25) is 4.79 Å². The number of rotatable bonds is 6. The number of aryl methyl sites for hydroxylation is 1. The average molecular weight is 480 g/mol. The van der Waals surface area contributed by atoms with Crippen LogP contribution in [-0.4, -0.2) is 35.1 Å². The summed E-state index contributed by atoms with van der Waals surface area (Å²) in [5, 5.41) is 5.20. The van der Waals surface area contributed by atoms with E-state index in [1.165, 1.54) is 25.6 Å². The molecule has 0 saturated heterocycles. The van der Waals surface area contributed by atoms with Crippen LogP contribution in [0.1, 0.15) is 22.4 Å². The molecule has 4 nitrogen and oxygen atoms in total. The van der Waals surface area contributed by atoms with Crippen molar-refractivity contribution in [3.8, 4) is 10.6 Å². The van der Waals surface area contributed by atoms with E-state index in [1.54, 1.807) is 34.4 Å². The number of hydrogen-bond donors (Lipinski definition) is 1. The molecule has 0 saturated carbocycles. The van der Waals surface area contributed by atoms with Crippen molar-refractivity contribution in [2.75, 3.05) is 24.7 Å². The maximum Gasteiger partial charge on any atom is 0.225 e. The fourth-order valence-corrected chi connectivity index (χ4v) is 7.22. The maximum atomic E-state index is 12.8. The number of hydrogen-bond acceptors (Lipinski definition) is 6. The van der Waals surface area contributed by atoms with E-state index in [0.29, 0.717) is 6.42 Å². The lowest BCUT2D eigenvalue weighted by Gasteiger charge is -2.22. The van der Waals surface area contributed by atoms with Gasteiger partial charge in [-0.2, -0.15) is 0 Å². The number of amides is 1. The Labute approximate surface area is 200 Å². The summed E-state index contributed by atoms with van der Waals surface area (Å²) in [5.41, 5.74) is 4.77. The van der Waals surface area contributed by atoms with Crippen LogP contribution in [0.15, 0.2) is 53.4 Å². The topological polar surface area (TPSA) is 45.2 Å². The Morgan fingerprint density at radius 1 is 1.16 bits per heavy atom. The highest BCUT2D eigenvalue weighted by molar-refractivity contribution is 7.99. The molecular formula is C25H25N3OS3. The number of nitrogens with zero attached hydrogens (tertiary/aromatic N) is 2. The van der Waals surface area contributed by atoms with Gasteiger partial charge in [0.2, 0.25) is 5.91 Å². The Morgan fingerprint density at radius 3 is 2.78 bits per heavy atom. The van der Waals surface area contributed by atoms with Gasteiger partial charge in [0.25, 0.3) is 0 Å². The molecule has 0 aliphatic carbocycles. The summed E-state index contributed by atoms with van der Waals surface area (Å²) in [5.74, 6) is 0.832. The SMILES string of the molecule is Cc1ccc(SCCC(=O)Nc2sc3c(c2-c2nc4ccccc4s2)CCN(C)C3)cc1. The largest absolute Gasteiger partial charge is 0.317 e. The first-order valence-corrected chi connectivity index (χ1v) is 13.4. The summed E-state index contributed by atoms with van der Waals surface area (Å²) in [4.78, 5) is 22.6. The molecule has 4 aromatic rings. The monoisotopic (exact) mass is 479 g/mol. The van der Waals surface area contributed by atoms with Gasteiger partial charge in [0, 0.05) is 40.6 Å². The van der Waals surface area contributed by atoms with Crippen molar-refractivity contribution >= 4 is 55.6 Å². The zero-order valence-corrected chi connectivity index (χ0v) is 20.6. The van der Waals surface area contributed by atoms with E-state index in [9.17, 15) is 4.79 Å². The Balaban J connectivity index is 1.37. The van der Waals surface area contributed by atoms with Crippen LogP contribution in [0, 0.1) is 6.92 Å². The third kappa shape index (κ3) is 4.62. The molecule has 0 atom stereocenters. The number of carbonyl (C=O) groups excluding carboxylic acids is 1. The summed E-state index contributed by atoms with van der Waals surface area (Å²) >= 11 is 5.15. The van der Waals surface area contributed by atoms with Crippen molar-refractivity contribution in [3.05, 3.63) is 64.5 Å². The summed E-state index contributed by atoms with van der Waals surface area (Å²) in [6.45, 7) is 4.04. The average Bonchev–Trinajstić information content (AvgIpc) is 3.35. The van der Waals surface area contributed by atoms with Gasteiger partial charge in [-0.25, -0.2) is 4.98 Å². The van der Waals surface area contributed by atoms with Crippen molar-refractivity contribution in [1.82, 2.24) is 9.88 Å². The minimum absolute atomic E-state index is 0.0684. The van der Waals surface area contributed by atoms with Crippen molar-refractivity contribution < 1.29 is 4.79 Å². The lowest BCUT2D eigenvalue weighted by Crippen LogP contribution is -2.25. The number of benzene rings is 2. The van der Waals surface area contributed by atoms with Crippen LogP contribution in [0.3, 0.4) is 0 Å². The minimum atomic E-state index is 0.0684. The fraction of sp³-hybridized carbons (Fsp3) is 0.280.